The Balaban J connectivity index is 0.00000208. The topological polar surface area (TPSA) is 85.4 Å². The lowest BCUT2D eigenvalue weighted by Gasteiger charge is -2.28. The molecule has 3 rings (SSSR count). The highest BCUT2D eigenvalue weighted by atomic mass is 35.5. The van der Waals surface area contributed by atoms with Crippen LogP contribution in [0.5, 0.6) is 0 Å². The van der Waals surface area contributed by atoms with Crippen molar-refractivity contribution in [3.8, 4) is 0 Å². The maximum atomic E-state index is 12.5. The van der Waals surface area contributed by atoms with Gasteiger partial charge in [0.25, 0.3) is 0 Å². The Kier molecular flexibility index (Phi) is 7.01. The number of carbonyl (C=O) groups is 1. The second-order valence-electron chi connectivity index (χ2n) is 6.58. The third-order valence-corrected chi connectivity index (χ3v) is 4.90. The van der Waals surface area contributed by atoms with Crippen LogP contribution in [0, 0.1) is 5.92 Å². The van der Waals surface area contributed by atoms with Crippen LogP contribution in [0.15, 0.2) is 30.3 Å². The molecule has 134 valence electrons. The van der Waals surface area contributed by atoms with Crippen LogP contribution >= 0.6 is 12.4 Å². The molecule has 2 aliphatic rings. The number of hydrogen-bond acceptors (Lipinski definition) is 5. The molecule has 1 aromatic carbocycles. The van der Waals surface area contributed by atoms with Gasteiger partial charge in [0.15, 0.2) is 0 Å². The van der Waals surface area contributed by atoms with E-state index >= 15 is 0 Å². The predicted octanol–water partition coefficient (Wildman–Crippen LogP) is -0.0290. The summed E-state index contributed by atoms with van der Waals surface area (Å²) in [5, 5.41) is 16.6. The summed E-state index contributed by atoms with van der Waals surface area (Å²) in [5.74, 6) is 0.204. The molecule has 0 aliphatic carbocycles. The minimum absolute atomic E-state index is 0. The molecular formula is C17H27ClN4O2. The zero-order valence-corrected chi connectivity index (χ0v) is 14.7. The second-order valence-corrected chi connectivity index (χ2v) is 6.58. The van der Waals surface area contributed by atoms with Gasteiger partial charge in [-0.1, -0.05) is 30.3 Å². The Morgan fingerprint density at radius 1 is 1.33 bits per heavy atom. The number of nitrogens with one attached hydrogen (secondary N) is 4. The molecule has 1 amide bonds. The summed E-state index contributed by atoms with van der Waals surface area (Å²) in [5.41, 5.74) is 7.40. The lowest BCUT2D eigenvalue weighted by molar-refractivity contribution is -0.125. The number of benzene rings is 1. The Morgan fingerprint density at radius 3 is 2.83 bits per heavy atom. The largest absolute Gasteiger partial charge is 0.391 e. The average Bonchev–Trinajstić information content (AvgIpc) is 2.99. The van der Waals surface area contributed by atoms with Crippen LogP contribution in [-0.4, -0.2) is 48.3 Å². The molecule has 0 spiro atoms. The van der Waals surface area contributed by atoms with Gasteiger partial charge in [-0.2, -0.15) is 0 Å². The Labute approximate surface area is 149 Å². The van der Waals surface area contributed by atoms with Crippen LogP contribution < -0.4 is 21.5 Å². The SMILES string of the molecule is CC(NC(=O)C1NNC2CCNCC21)C(O)Cc1ccccc1.Cl. The zero-order chi connectivity index (χ0) is 16.2. The van der Waals surface area contributed by atoms with Gasteiger partial charge in [0.2, 0.25) is 5.91 Å². The molecule has 0 saturated carbocycles. The van der Waals surface area contributed by atoms with E-state index in [1.165, 1.54) is 0 Å². The van der Waals surface area contributed by atoms with E-state index in [0.717, 1.165) is 25.1 Å². The molecular weight excluding hydrogens is 328 g/mol. The van der Waals surface area contributed by atoms with Crippen LogP contribution in [0.4, 0.5) is 0 Å². The normalized spacial score (nSPS) is 28.3. The fourth-order valence-corrected chi connectivity index (χ4v) is 3.42. The van der Waals surface area contributed by atoms with Crippen molar-refractivity contribution in [2.45, 2.75) is 44.0 Å². The summed E-state index contributed by atoms with van der Waals surface area (Å²) in [6.45, 7) is 3.67. The number of halogens is 1. The Morgan fingerprint density at radius 2 is 2.08 bits per heavy atom. The van der Waals surface area contributed by atoms with Gasteiger partial charge in [0, 0.05) is 24.9 Å². The van der Waals surface area contributed by atoms with E-state index in [0.29, 0.717) is 12.5 Å². The van der Waals surface area contributed by atoms with Crippen LogP contribution in [0.2, 0.25) is 0 Å². The molecule has 2 fully saturated rings. The van der Waals surface area contributed by atoms with Crippen molar-refractivity contribution in [3.63, 3.8) is 0 Å². The molecule has 0 aromatic heterocycles. The van der Waals surface area contributed by atoms with Crippen molar-refractivity contribution in [3.05, 3.63) is 35.9 Å². The summed E-state index contributed by atoms with van der Waals surface area (Å²) < 4.78 is 0. The smallest absolute Gasteiger partial charge is 0.239 e. The summed E-state index contributed by atoms with van der Waals surface area (Å²) in [6.07, 6.45) is 0.954. The second kappa shape index (κ2) is 8.78. The zero-order valence-electron chi connectivity index (χ0n) is 13.9. The molecule has 0 radical (unpaired) electrons. The van der Waals surface area contributed by atoms with Crippen LogP contribution in [0.1, 0.15) is 18.9 Å². The van der Waals surface area contributed by atoms with Crippen LogP contribution in [0.25, 0.3) is 0 Å². The summed E-state index contributed by atoms with van der Waals surface area (Å²) >= 11 is 0. The van der Waals surface area contributed by atoms with E-state index in [-0.39, 0.29) is 36.3 Å². The van der Waals surface area contributed by atoms with Gasteiger partial charge >= 0.3 is 0 Å². The number of fused-ring (bicyclic) bond motifs is 1. The number of amides is 1. The molecule has 2 heterocycles. The monoisotopic (exact) mass is 354 g/mol. The highest BCUT2D eigenvalue weighted by Crippen LogP contribution is 2.20. The van der Waals surface area contributed by atoms with E-state index in [9.17, 15) is 9.90 Å². The van der Waals surface area contributed by atoms with E-state index < -0.39 is 6.10 Å². The first-order chi connectivity index (χ1) is 11.1. The first-order valence-electron chi connectivity index (χ1n) is 8.39. The summed E-state index contributed by atoms with van der Waals surface area (Å²) in [7, 11) is 0. The number of aliphatic hydroxyl groups excluding tert-OH is 1. The van der Waals surface area contributed by atoms with Gasteiger partial charge in [-0.3, -0.25) is 10.2 Å². The van der Waals surface area contributed by atoms with E-state index in [1.807, 2.05) is 37.3 Å². The highest BCUT2D eigenvalue weighted by Gasteiger charge is 2.41. The molecule has 5 unspecified atom stereocenters. The minimum atomic E-state index is -0.601. The molecule has 7 heteroatoms. The fourth-order valence-electron chi connectivity index (χ4n) is 3.42. The van der Waals surface area contributed by atoms with Gasteiger partial charge < -0.3 is 15.7 Å². The van der Waals surface area contributed by atoms with E-state index in [1.54, 1.807) is 0 Å². The van der Waals surface area contributed by atoms with E-state index in [2.05, 4.69) is 21.5 Å². The maximum absolute atomic E-state index is 12.5. The number of carbonyl (C=O) groups excluding carboxylic acids is 1. The molecule has 6 nitrogen and oxygen atoms in total. The molecule has 5 atom stereocenters. The summed E-state index contributed by atoms with van der Waals surface area (Å²) in [6, 6.07) is 9.63. The minimum Gasteiger partial charge on any atom is -0.391 e. The molecule has 0 bridgehead atoms. The van der Waals surface area contributed by atoms with Crippen molar-refractivity contribution in [2.75, 3.05) is 13.1 Å². The number of rotatable bonds is 5. The fraction of sp³-hybridized carbons (Fsp3) is 0.588. The number of piperidine rings is 1. The van der Waals surface area contributed by atoms with Crippen LogP contribution in [0.3, 0.4) is 0 Å². The number of aliphatic hydroxyl groups is 1. The lowest BCUT2D eigenvalue weighted by Crippen LogP contribution is -2.53. The van der Waals surface area contributed by atoms with Gasteiger partial charge in [-0.05, 0) is 25.5 Å². The van der Waals surface area contributed by atoms with Gasteiger partial charge in [-0.15, -0.1) is 12.4 Å². The van der Waals surface area contributed by atoms with Gasteiger partial charge in [-0.25, -0.2) is 5.43 Å². The molecule has 2 saturated heterocycles. The third kappa shape index (κ3) is 4.46. The van der Waals surface area contributed by atoms with Crippen molar-refractivity contribution < 1.29 is 9.90 Å². The van der Waals surface area contributed by atoms with Crippen LogP contribution in [-0.2, 0) is 11.2 Å². The third-order valence-electron chi connectivity index (χ3n) is 4.90. The summed E-state index contributed by atoms with van der Waals surface area (Å²) in [4.78, 5) is 12.5. The van der Waals surface area contributed by atoms with Crippen molar-refractivity contribution in [2.24, 2.45) is 5.92 Å². The lowest BCUT2D eigenvalue weighted by atomic mass is 9.89. The van der Waals surface area contributed by atoms with E-state index in [4.69, 9.17) is 0 Å². The molecule has 1 aromatic rings. The van der Waals surface area contributed by atoms with Crippen molar-refractivity contribution >= 4 is 18.3 Å². The first-order valence-corrected chi connectivity index (χ1v) is 8.39. The van der Waals surface area contributed by atoms with Gasteiger partial charge in [0.1, 0.15) is 6.04 Å². The van der Waals surface area contributed by atoms with Crippen molar-refractivity contribution in [1.29, 1.82) is 0 Å². The number of hydrazine groups is 1. The quantitative estimate of drug-likeness (QED) is 0.513. The molecule has 2 aliphatic heterocycles. The van der Waals surface area contributed by atoms with Crippen molar-refractivity contribution in [1.82, 2.24) is 21.5 Å². The Hall–Kier alpha value is -1.18. The average molecular weight is 355 g/mol. The maximum Gasteiger partial charge on any atom is 0.239 e. The Bertz CT molecular complexity index is 531. The highest BCUT2D eigenvalue weighted by molar-refractivity contribution is 5.85. The van der Waals surface area contributed by atoms with Gasteiger partial charge in [0.05, 0.1) is 12.1 Å². The molecule has 5 N–H and O–H groups in total. The standard InChI is InChI=1S/C17H26N4O2.ClH/c1-11(15(22)9-12-5-3-2-4-6-12)19-17(23)16-13-10-18-8-7-14(13)20-21-16;/h2-6,11,13-16,18,20-22H,7-10H2,1H3,(H,19,23);1H. The predicted molar refractivity (Wildman–Crippen MR) is 95.8 cm³/mol. The first kappa shape index (κ1) is 19.1. The number of hydrogen-bond donors (Lipinski definition) is 5. The molecule has 24 heavy (non-hydrogen) atoms.